The molecule has 4 heteroatoms. The first-order valence-corrected chi connectivity index (χ1v) is 7.92. The van der Waals surface area contributed by atoms with Gasteiger partial charge >= 0.3 is 0 Å². The third-order valence-electron chi connectivity index (χ3n) is 3.85. The number of hydrogen-bond donors (Lipinski definition) is 2. The molecule has 2 aromatic rings. The molecule has 2 heterocycles. The van der Waals surface area contributed by atoms with Crippen LogP contribution in [0.15, 0.2) is 41.8 Å². The van der Waals surface area contributed by atoms with Crippen molar-refractivity contribution in [1.82, 2.24) is 5.43 Å². The number of benzene rings is 1. The van der Waals surface area contributed by atoms with Crippen molar-refractivity contribution in [3.05, 3.63) is 57.8 Å². The first kappa shape index (κ1) is 13.8. The molecule has 3 rings (SSSR count). The summed E-state index contributed by atoms with van der Waals surface area (Å²) in [6.45, 7) is 0.804. The third kappa shape index (κ3) is 3.10. The van der Waals surface area contributed by atoms with Gasteiger partial charge < -0.3 is 4.74 Å². The average Bonchev–Trinajstić information content (AvgIpc) is 3.00. The van der Waals surface area contributed by atoms with Gasteiger partial charge in [-0.15, -0.1) is 11.3 Å². The van der Waals surface area contributed by atoms with Crippen LogP contribution in [-0.2, 0) is 17.6 Å². The fourth-order valence-corrected chi connectivity index (χ4v) is 3.60. The first-order chi connectivity index (χ1) is 9.86. The van der Waals surface area contributed by atoms with Crippen molar-refractivity contribution in [1.29, 1.82) is 0 Å². The van der Waals surface area contributed by atoms with Crippen molar-refractivity contribution in [2.24, 2.45) is 5.84 Å². The van der Waals surface area contributed by atoms with Crippen LogP contribution < -0.4 is 11.3 Å². The maximum absolute atomic E-state index is 5.96. The van der Waals surface area contributed by atoms with Crippen LogP contribution in [0.25, 0.3) is 0 Å². The summed E-state index contributed by atoms with van der Waals surface area (Å²) in [5, 5.41) is 2.11. The van der Waals surface area contributed by atoms with Crippen molar-refractivity contribution in [2.75, 3.05) is 6.61 Å². The van der Waals surface area contributed by atoms with Gasteiger partial charge in [0, 0.05) is 10.9 Å². The predicted octanol–water partition coefficient (Wildman–Crippen LogP) is 2.83. The maximum atomic E-state index is 5.96. The zero-order valence-electron chi connectivity index (χ0n) is 11.4. The summed E-state index contributed by atoms with van der Waals surface area (Å²) in [4.78, 5) is 1.36. The molecule has 0 saturated carbocycles. The summed E-state index contributed by atoms with van der Waals surface area (Å²) in [5.74, 6) is 5.73. The lowest BCUT2D eigenvalue weighted by atomic mass is 9.93. The van der Waals surface area contributed by atoms with Crippen LogP contribution in [-0.4, -0.2) is 12.6 Å². The van der Waals surface area contributed by atoms with Gasteiger partial charge in [-0.05, 0) is 41.8 Å². The Kier molecular flexibility index (Phi) is 4.47. The van der Waals surface area contributed by atoms with Gasteiger partial charge in [0.15, 0.2) is 0 Å². The standard InChI is InChI=1S/C16H20N2OS/c17-18-13(10-14-5-3-9-20-14)11-16-15-6-2-1-4-12(15)7-8-19-16/h1-6,9,13,16,18H,7-8,10-11,17H2. The van der Waals surface area contributed by atoms with Crippen LogP contribution in [0.5, 0.6) is 0 Å². The van der Waals surface area contributed by atoms with E-state index < -0.39 is 0 Å². The lowest BCUT2D eigenvalue weighted by Gasteiger charge is -2.29. The molecule has 0 radical (unpaired) electrons. The molecule has 2 unspecified atom stereocenters. The molecule has 106 valence electrons. The van der Waals surface area contributed by atoms with Crippen molar-refractivity contribution in [3.8, 4) is 0 Å². The minimum absolute atomic E-state index is 0.154. The van der Waals surface area contributed by atoms with Gasteiger partial charge in [0.05, 0.1) is 12.7 Å². The van der Waals surface area contributed by atoms with Gasteiger partial charge in [0.1, 0.15) is 0 Å². The van der Waals surface area contributed by atoms with E-state index >= 15 is 0 Å². The minimum Gasteiger partial charge on any atom is -0.373 e. The van der Waals surface area contributed by atoms with Crippen LogP contribution in [0.4, 0.5) is 0 Å². The fraction of sp³-hybridized carbons (Fsp3) is 0.375. The van der Waals surface area contributed by atoms with Crippen LogP contribution in [0.1, 0.15) is 28.5 Å². The van der Waals surface area contributed by atoms with E-state index in [0.717, 1.165) is 25.9 Å². The van der Waals surface area contributed by atoms with Crippen molar-refractivity contribution in [3.63, 3.8) is 0 Å². The second-order valence-electron chi connectivity index (χ2n) is 5.19. The largest absolute Gasteiger partial charge is 0.373 e. The monoisotopic (exact) mass is 288 g/mol. The molecule has 0 amide bonds. The molecule has 1 aromatic carbocycles. The Morgan fingerprint density at radius 2 is 2.20 bits per heavy atom. The number of fused-ring (bicyclic) bond motifs is 1. The fourth-order valence-electron chi connectivity index (χ4n) is 2.81. The van der Waals surface area contributed by atoms with Gasteiger partial charge in [-0.1, -0.05) is 30.3 Å². The average molecular weight is 288 g/mol. The summed E-state index contributed by atoms with van der Waals surface area (Å²) in [6, 6.07) is 13.1. The van der Waals surface area contributed by atoms with E-state index in [2.05, 4.69) is 47.2 Å². The molecular formula is C16H20N2OS. The van der Waals surface area contributed by atoms with Crippen LogP contribution in [0, 0.1) is 0 Å². The molecule has 0 bridgehead atoms. The molecular weight excluding hydrogens is 268 g/mol. The normalized spacial score (nSPS) is 19.6. The van der Waals surface area contributed by atoms with E-state index in [4.69, 9.17) is 10.6 Å². The third-order valence-corrected chi connectivity index (χ3v) is 4.75. The van der Waals surface area contributed by atoms with E-state index in [1.807, 2.05) is 0 Å². The molecule has 0 fully saturated rings. The molecule has 1 aliphatic heterocycles. The Labute approximate surface area is 123 Å². The molecule has 0 spiro atoms. The summed E-state index contributed by atoms with van der Waals surface area (Å²) in [5.41, 5.74) is 5.68. The highest BCUT2D eigenvalue weighted by Crippen LogP contribution is 2.31. The first-order valence-electron chi connectivity index (χ1n) is 7.04. The van der Waals surface area contributed by atoms with E-state index in [1.165, 1.54) is 16.0 Å². The molecule has 3 nitrogen and oxygen atoms in total. The van der Waals surface area contributed by atoms with Crippen LogP contribution >= 0.6 is 11.3 Å². The number of nitrogens with two attached hydrogens (primary N) is 1. The predicted molar refractivity (Wildman–Crippen MR) is 82.6 cm³/mol. The second kappa shape index (κ2) is 6.50. The Hall–Kier alpha value is -1.20. The quantitative estimate of drug-likeness (QED) is 0.657. The van der Waals surface area contributed by atoms with E-state index in [-0.39, 0.29) is 12.1 Å². The molecule has 2 atom stereocenters. The summed E-state index contributed by atoms with van der Waals surface area (Å²) < 4.78 is 5.96. The lowest BCUT2D eigenvalue weighted by molar-refractivity contribution is 0.0295. The number of thiophene rings is 1. The molecule has 3 N–H and O–H groups in total. The highest BCUT2D eigenvalue weighted by atomic mass is 32.1. The Morgan fingerprint density at radius 1 is 1.30 bits per heavy atom. The molecule has 20 heavy (non-hydrogen) atoms. The zero-order valence-corrected chi connectivity index (χ0v) is 12.2. The second-order valence-corrected chi connectivity index (χ2v) is 6.22. The van der Waals surface area contributed by atoms with Crippen molar-refractivity contribution in [2.45, 2.75) is 31.4 Å². The Bertz CT molecular complexity index is 541. The van der Waals surface area contributed by atoms with Gasteiger partial charge in [0.2, 0.25) is 0 Å². The van der Waals surface area contributed by atoms with E-state index in [9.17, 15) is 0 Å². The zero-order chi connectivity index (χ0) is 13.8. The van der Waals surface area contributed by atoms with Gasteiger partial charge in [-0.25, -0.2) is 0 Å². The number of hydrazine groups is 1. The van der Waals surface area contributed by atoms with Crippen LogP contribution in [0.2, 0.25) is 0 Å². The highest BCUT2D eigenvalue weighted by Gasteiger charge is 2.23. The van der Waals surface area contributed by atoms with Gasteiger partial charge in [-0.2, -0.15) is 0 Å². The van der Waals surface area contributed by atoms with E-state index in [1.54, 1.807) is 11.3 Å². The summed E-state index contributed by atoms with van der Waals surface area (Å²) in [6.07, 6.45) is 3.03. The summed E-state index contributed by atoms with van der Waals surface area (Å²) >= 11 is 1.78. The minimum atomic E-state index is 0.154. The number of hydrogen-bond acceptors (Lipinski definition) is 4. The van der Waals surface area contributed by atoms with Crippen molar-refractivity contribution < 1.29 is 4.74 Å². The van der Waals surface area contributed by atoms with E-state index in [0.29, 0.717) is 0 Å². The van der Waals surface area contributed by atoms with Gasteiger partial charge in [-0.3, -0.25) is 11.3 Å². The maximum Gasteiger partial charge on any atom is 0.0843 e. The van der Waals surface area contributed by atoms with Gasteiger partial charge in [0.25, 0.3) is 0 Å². The number of ether oxygens (including phenoxy) is 1. The summed E-state index contributed by atoms with van der Waals surface area (Å²) in [7, 11) is 0. The highest BCUT2D eigenvalue weighted by molar-refractivity contribution is 7.09. The molecule has 0 saturated heterocycles. The SMILES string of the molecule is NNC(Cc1cccs1)CC1OCCc2ccccc21. The molecule has 1 aromatic heterocycles. The molecule has 0 aliphatic carbocycles. The Balaban J connectivity index is 1.70. The lowest BCUT2D eigenvalue weighted by Crippen LogP contribution is -2.38. The smallest absolute Gasteiger partial charge is 0.0843 e. The number of nitrogens with one attached hydrogen (secondary N) is 1. The number of rotatable bonds is 5. The van der Waals surface area contributed by atoms with Crippen LogP contribution in [0.3, 0.4) is 0 Å². The Morgan fingerprint density at radius 3 is 3.00 bits per heavy atom. The van der Waals surface area contributed by atoms with Crippen molar-refractivity contribution >= 4 is 11.3 Å². The molecule has 1 aliphatic rings. The topological polar surface area (TPSA) is 47.3 Å².